The lowest BCUT2D eigenvalue weighted by molar-refractivity contribution is -0.130. The van der Waals surface area contributed by atoms with Gasteiger partial charge >= 0.3 is 0 Å². The quantitative estimate of drug-likeness (QED) is 0.364. The number of amides is 1. The number of nitrogens with zero attached hydrogens (tertiary/aromatic N) is 6. The lowest BCUT2D eigenvalue weighted by Crippen LogP contribution is -2.48. The van der Waals surface area contributed by atoms with E-state index >= 15 is 0 Å². The van der Waals surface area contributed by atoms with Crippen molar-refractivity contribution in [2.45, 2.75) is 25.5 Å². The van der Waals surface area contributed by atoms with Crippen LogP contribution in [0.2, 0.25) is 0 Å². The van der Waals surface area contributed by atoms with Gasteiger partial charge in [-0.3, -0.25) is 14.3 Å². The monoisotopic (exact) mass is 488 g/mol. The van der Waals surface area contributed by atoms with Crippen molar-refractivity contribution >= 4 is 17.7 Å². The Labute approximate surface area is 209 Å². The third-order valence-corrected chi connectivity index (χ3v) is 7.12. The molecule has 0 atom stereocenters. The van der Waals surface area contributed by atoms with Crippen LogP contribution in [0.25, 0.3) is 17.1 Å². The summed E-state index contributed by atoms with van der Waals surface area (Å²) in [6, 6.07) is 16.2. The standard InChI is InChI=1S/C26H28N6O2S/c1-19-7-9-21(10-8-19)25-28-23(34-29-25)17-30-13-15-31(16-14-30)24(33)18-35-26-27-11-12-32(26)22-6-4-3-5-20(22)2/h3-12H,13-18H2,1-2H3. The molecule has 9 heteroatoms. The van der Waals surface area contributed by atoms with Gasteiger partial charge in [-0.15, -0.1) is 0 Å². The predicted molar refractivity (Wildman–Crippen MR) is 135 cm³/mol. The summed E-state index contributed by atoms with van der Waals surface area (Å²) < 4.78 is 7.51. The van der Waals surface area contributed by atoms with Gasteiger partial charge in [0.05, 0.1) is 18.0 Å². The minimum atomic E-state index is 0.133. The van der Waals surface area contributed by atoms with E-state index in [1.165, 1.54) is 22.9 Å². The highest BCUT2D eigenvalue weighted by atomic mass is 32.2. The SMILES string of the molecule is Cc1ccc(-c2noc(CN3CCN(C(=O)CSc4nccn4-c4ccccc4C)CC3)n2)cc1. The Kier molecular flexibility index (Phi) is 6.96. The van der Waals surface area contributed by atoms with Crippen molar-refractivity contribution in [2.24, 2.45) is 0 Å². The lowest BCUT2D eigenvalue weighted by atomic mass is 10.1. The molecule has 35 heavy (non-hydrogen) atoms. The van der Waals surface area contributed by atoms with Gasteiger partial charge in [0.2, 0.25) is 17.6 Å². The number of hydrogen-bond acceptors (Lipinski definition) is 7. The van der Waals surface area contributed by atoms with Crippen LogP contribution in [0.15, 0.2) is 70.6 Å². The van der Waals surface area contributed by atoms with Crippen molar-refractivity contribution in [2.75, 3.05) is 31.9 Å². The highest BCUT2D eigenvalue weighted by Crippen LogP contribution is 2.23. The van der Waals surface area contributed by atoms with Crippen molar-refractivity contribution in [3.05, 3.63) is 77.9 Å². The summed E-state index contributed by atoms with van der Waals surface area (Å²) in [6.45, 7) is 7.63. The highest BCUT2D eigenvalue weighted by molar-refractivity contribution is 7.99. The molecule has 1 saturated heterocycles. The van der Waals surface area contributed by atoms with E-state index in [2.05, 4.69) is 46.0 Å². The van der Waals surface area contributed by atoms with Crippen LogP contribution >= 0.6 is 11.8 Å². The summed E-state index contributed by atoms with van der Waals surface area (Å²) in [6.07, 6.45) is 3.72. The lowest BCUT2D eigenvalue weighted by Gasteiger charge is -2.33. The summed E-state index contributed by atoms with van der Waals surface area (Å²) in [4.78, 5) is 26.0. The van der Waals surface area contributed by atoms with Gasteiger partial charge in [0.25, 0.3) is 0 Å². The summed E-state index contributed by atoms with van der Waals surface area (Å²) >= 11 is 1.48. The molecule has 5 rings (SSSR count). The average Bonchev–Trinajstić information content (AvgIpc) is 3.53. The number of benzene rings is 2. The first kappa shape index (κ1) is 23.3. The molecule has 3 heterocycles. The van der Waals surface area contributed by atoms with Crippen LogP contribution < -0.4 is 0 Å². The molecule has 1 aliphatic heterocycles. The molecule has 1 aliphatic rings. The summed E-state index contributed by atoms with van der Waals surface area (Å²) in [5, 5.41) is 4.95. The molecule has 4 aromatic rings. The summed E-state index contributed by atoms with van der Waals surface area (Å²) in [7, 11) is 0. The first-order chi connectivity index (χ1) is 17.1. The largest absolute Gasteiger partial charge is 0.339 e. The van der Waals surface area contributed by atoms with E-state index in [1.54, 1.807) is 6.20 Å². The van der Waals surface area contributed by atoms with Gasteiger partial charge in [0.15, 0.2) is 5.16 Å². The van der Waals surface area contributed by atoms with E-state index < -0.39 is 0 Å². The molecule has 180 valence electrons. The molecule has 1 fully saturated rings. The number of para-hydroxylation sites is 1. The number of rotatable bonds is 7. The Morgan fingerprint density at radius 3 is 2.57 bits per heavy atom. The van der Waals surface area contributed by atoms with Gasteiger partial charge in [-0.2, -0.15) is 4.98 Å². The maximum atomic E-state index is 12.9. The van der Waals surface area contributed by atoms with Crippen LogP contribution in [0.4, 0.5) is 0 Å². The van der Waals surface area contributed by atoms with Crippen LogP contribution in [-0.4, -0.2) is 67.3 Å². The third-order valence-electron chi connectivity index (χ3n) is 6.17. The second kappa shape index (κ2) is 10.5. The van der Waals surface area contributed by atoms with Gasteiger partial charge in [-0.05, 0) is 25.5 Å². The first-order valence-electron chi connectivity index (χ1n) is 11.7. The van der Waals surface area contributed by atoms with Crippen molar-refractivity contribution < 1.29 is 9.32 Å². The van der Waals surface area contributed by atoms with Crippen molar-refractivity contribution in [3.63, 3.8) is 0 Å². The number of thioether (sulfide) groups is 1. The molecule has 0 N–H and O–H groups in total. The molecular weight excluding hydrogens is 460 g/mol. The molecule has 0 aliphatic carbocycles. The molecule has 2 aromatic heterocycles. The Hall–Kier alpha value is -3.43. The number of aromatic nitrogens is 4. The van der Waals surface area contributed by atoms with Gasteiger partial charge < -0.3 is 9.42 Å². The number of piperazine rings is 1. The topological polar surface area (TPSA) is 80.3 Å². The van der Waals surface area contributed by atoms with Crippen LogP contribution in [0.5, 0.6) is 0 Å². The first-order valence-corrected chi connectivity index (χ1v) is 12.7. The van der Waals surface area contributed by atoms with E-state index in [0.717, 1.165) is 29.5 Å². The van der Waals surface area contributed by atoms with Crippen LogP contribution in [0.1, 0.15) is 17.0 Å². The number of imidazole rings is 1. The second-order valence-corrected chi connectivity index (χ2v) is 9.63. The molecule has 0 radical (unpaired) electrons. The molecule has 0 unspecified atom stereocenters. The van der Waals surface area contributed by atoms with Crippen LogP contribution in [0.3, 0.4) is 0 Å². The minimum Gasteiger partial charge on any atom is -0.339 e. The van der Waals surface area contributed by atoms with Gasteiger partial charge in [0, 0.05) is 44.1 Å². The van der Waals surface area contributed by atoms with E-state index in [1.807, 2.05) is 52.1 Å². The maximum Gasteiger partial charge on any atom is 0.241 e. The smallest absolute Gasteiger partial charge is 0.241 e. The molecule has 0 bridgehead atoms. The fourth-order valence-corrected chi connectivity index (χ4v) is 4.99. The maximum absolute atomic E-state index is 12.9. The van der Waals surface area contributed by atoms with Gasteiger partial charge in [0.1, 0.15) is 0 Å². The zero-order chi connectivity index (χ0) is 24.2. The molecule has 2 aromatic carbocycles. The van der Waals surface area contributed by atoms with Crippen LogP contribution in [-0.2, 0) is 11.3 Å². The fraction of sp³-hybridized carbons (Fsp3) is 0.308. The summed E-state index contributed by atoms with van der Waals surface area (Å²) in [5.41, 5.74) is 4.39. The highest BCUT2D eigenvalue weighted by Gasteiger charge is 2.23. The number of aryl methyl sites for hydroxylation is 2. The zero-order valence-corrected chi connectivity index (χ0v) is 20.7. The Morgan fingerprint density at radius 1 is 1.03 bits per heavy atom. The van der Waals surface area contributed by atoms with Gasteiger partial charge in [-0.1, -0.05) is 64.9 Å². The molecular formula is C26H28N6O2S. The van der Waals surface area contributed by atoms with Crippen molar-refractivity contribution in [1.82, 2.24) is 29.5 Å². The van der Waals surface area contributed by atoms with Gasteiger partial charge in [-0.25, -0.2) is 4.98 Å². The van der Waals surface area contributed by atoms with E-state index in [4.69, 9.17) is 4.52 Å². The molecule has 0 spiro atoms. The third kappa shape index (κ3) is 5.47. The number of carbonyl (C=O) groups excluding carboxylic acids is 1. The van der Waals surface area contributed by atoms with E-state index in [0.29, 0.717) is 37.1 Å². The molecule has 8 nitrogen and oxygen atoms in total. The fourth-order valence-electron chi connectivity index (χ4n) is 4.12. The minimum absolute atomic E-state index is 0.133. The Morgan fingerprint density at radius 2 is 1.80 bits per heavy atom. The number of hydrogen-bond donors (Lipinski definition) is 0. The Balaban J connectivity index is 1.11. The van der Waals surface area contributed by atoms with E-state index in [9.17, 15) is 4.79 Å². The number of carbonyl (C=O) groups is 1. The molecule has 0 saturated carbocycles. The predicted octanol–water partition coefficient (Wildman–Crippen LogP) is 3.98. The average molecular weight is 489 g/mol. The second-order valence-electron chi connectivity index (χ2n) is 8.69. The van der Waals surface area contributed by atoms with E-state index in [-0.39, 0.29) is 5.91 Å². The zero-order valence-electron chi connectivity index (χ0n) is 19.9. The summed E-state index contributed by atoms with van der Waals surface area (Å²) in [5.74, 6) is 1.70. The Bertz CT molecular complexity index is 1290. The molecule has 1 amide bonds. The van der Waals surface area contributed by atoms with Crippen molar-refractivity contribution in [1.29, 1.82) is 0 Å². The normalized spacial score (nSPS) is 14.4. The van der Waals surface area contributed by atoms with Crippen LogP contribution in [0, 0.1) is 13.8 Å². The van der Waals surface area contributed by atoms with Crippen molar-refractivity contribution in [3.8, 4) is 17.1 Å².